The van der Waals surface area contributed by atoms with Crippen LogP contribution in [0.4, 0.5) is 5.82 Å². The van der Waals surface area contributed by atoms with E-state index >= 15 is 0 Å². The number of pyridine rings is 1. The molecule has 1 fully saturated rings. The van der Waals surface area contributed by atoms with Gasteiger partial charge in [0.05, 0.1) is 25.1 Å². The third-order valence-electron chi connectivity index (χ3n) is 5.63. The van der Waals surface area contributed by atoms with E-state index in [2.05, 4.69) is 26.4 Å². The van der Waals surface area contributed by atoms with Crippen LogP contribution >= 0.6 is 0 Å². The summed E-state index contributed by atoms with van der Waals surface area (Å²) >= 11 is 0. The summed E-state index contributed by atoms with van der Waals surface area (Å²) in [6, 6.07) is 8.11. The minimum atomic E-state index is -0.220. The Morgan fingerprint density at radius 1 is 1.10 bits per heavy atom. The van der Waals surface area contributed by atoms with Crippen LogP contribution in [0.25, 0.3) is 27.8 Å². The van der Waals surface area contributed by atoms with Crippen LogP contribution in [0.15, 0.2) is 42.9 Å². The molecule has 7 heteroatoms. The fraction of sp³-hybridized carbons (Fsp3) is 0.318. The summed E-state index contributed by atoms with van der Waals surface area (Å²) in [4.78, 5) is 16.2. The molecule has 1 aliphatic heterocycles. The highest BCUT2D eigenvalue weighted by Crippen LogP contribution is 2.35. The average molecular weight is 389 g/mol. The maximum Gasteiger partial charge on any atom is 0.180 e. The number of hydrogen-bond donors (Lipinski definition) is 1. The Morgan fingerprint density at radius 2 is 1.93 bits per heavy atom. The second-order valence-corrected chi connectivity index (χ2v) is 7.47. The smallest absolute Gasteiger partial charge is 0.180 e. The number of imidazole rings is 1. The van der Waals surface area contributed by atoms with E-state index in [0.717, 1.165) is 71.0 Å². The predicted octanol–water partition coefficient (Wildman–Crippen LogP) is 3.22. The van der Waals surface area contributed by atoms with E-state index in [4.69, 9.17) is 14.7 Å². The Balaban J connectivity index is 1.66. The van der Waals surface area contributed by atoms with Gasteiger partial charge in [-0.3, -0.25) is 4.40 Å². The summed E-state index contributed by atoms with van der Waals surface area (Å²) in [7, 11) is 1.67. The summed E-state index contributed by atoms with van der Waals surface area (Å²) < 4.78 is 7.61. The van der Waals surface area contributed by atoms with Crippen LogP contribution in [0, 0.1) is 6.92 Å². The monoisotopic (exact) mass is 389 g/mol. The number of piperidine rings is 1. The Morgan fingerprint density at radius 3 is 2.72 bits per heavy atom. The largest absolute Gasteiger partial charge is 0.494 e. The zero-order chi connectivity index (χ0) is 20.0. The SMILES string of the molecule is COc1ccc(-c2cnc3c(N4CCC(O)CC4)nccn23)c2ccc(C)nc12. The van der Waals surface area contributed by atoms with Gasteiger partial charge in [0, 0.05) is 42.1 Å². The molecule has 3 aromatic heterocycles. The maximum absolute atomic E-state index is 9.82. The molecule has 4 aromatic rings. The van der Waals surface area contributed by atoms with Gasteiger partial charge in [0.2, 0.25) is 0 Å². The molecule has 7 nitrogen and oxygen atoms in total. The van der Waals surface area contributed by atoms with Crippen LogP contribution in [0.5, 0.6) is 5.75 Å². The van der Waals surface area contributed by atoms with Gasteiger partial charge in [0.1, 0.15) is 11.3 Å². The molecule has 1 saturated heterocycles. The van der Waals surface area contributed by atoms with E-state index in [1.54, 1.807) is 7.11 Å². The van der Waals surface area contributed by atoms with E-state index in [-0.39, 0.29) is 6.10 Å². The van der Waals surface area contributed by atoms with Crippen LogP contribution in [0.3, 0.4) is 0 Å². The lowest BCUT2D eigenvalue weighted by Gasteiger charge is -2.30. The number of aliphatic hydroxyl groups is 1. The zero-order valence-electron chi connectivity index (χ0n) is 16.5. The molecule has 4 heterocycles. The normalized spacial score (nSPS) is 15.3. The number of nitrogens with zero attached hydrogens (tertiary/aromatic N) is 5. The van der Waals surface area contributed by atoms with Gasteiger partial charge in [0.15, 0.2) is 11.5 Å². The highest BCUT2D eigenvalue weighted by atomic mass is 16.5. The average Bonchev–Trinajstić information content (AvgIpc) is 3.17. The molecular formula is C22H23N5O2. The molecule has 29 heavy (non-hydrogen) atoms. The highest BCUT2D eigenvalue weighted by Gasteiger charge is 2.22. The number of aryl methyl sites for hydroxylation is 1. The highest BCUT2D eigenvalue weighted by molar-refractivity contribution is 5.97. The molecule has 0 radical (unpaired) electrons. The Hall–Kier alpha value is -3.19. The molecule has 148 valence electrons. The number of aliphatic hydroxyl groups excluding tert-OH is 1. The Labute approximate surface area is 168 Å². The first kappa shape index (κ1) is 17.9. The first-order valence-electron chi connectivity index (χ1n) is 9.85. The molecule has 0 bridgehead atoms. The summed E-state index contributed by atoms with van der Waals surface area (Å²) in [5.74, 6) is 1.62. The van der Waals surface area contributed by atoms with Crippen molar-refractivity contribution in [3.05, 3.63) is 48.5 Å². The molecule has 1 aromatic carbocycles. The first-order chi connectivity index (χ1) is 14.2. The molecule has 0 amide bonds. The van der Waals surface area contributed by atoms with Crippen LogP contribution in [-0.2, 0) is 0 Å². The maximum atomic E-state index is 9.82. The van der Waals surface area contributed by atoms with E-state index in [0.29, 0.717) is 0 Å². The van der Waals surface area contributed by atoms with Gasteiger partial charge in [-0.2, -0.15) is 0 Å². The van der Waals surface area contributed by atoms with Crippen molar-refractivity contribution in [3.8, 4) is 17.0 Å². The number of fused-ring (bicyclic) bond motifs is 2. The minimum Gasteiger partial charge on any atom is -0.494 e. The fourth-order valence-corrected chi connectivity index (χ4v) is 4.08. The lowest BCUT2D eigenvalue weighted by Crippen LogP contribution is -2.36. The minimum absolute atomic E-state index is 0.220. The summed E-state index contributed by atoms with van der Waals surface area (Å²) in [6.07, 6.45) is 6.93. The van der Waals surface area contributed by atoms with Gasteiger partial charge in [0.25, 0.3) is 0 Å². The Bertz CT molecular complexity index is 1190. The van der Waals surface area contributed by atoms with Crippen LogP contribution in [-0.4, -0.2) is 50.8 Å². The third kappa shape index (κ3) is 2.98. The molecule has 1 aliphatic rings. The lowest BCUT2D eigenvalue weighted by atomic mass is 10.0. The zero-order valence-corrected chi connectivity index (χ0v) is 16.5. The van der Waals surface area contributed by atoms with Gasteiger partial charge in [-0.1, -0.05) is 6.07 Å². The molecule has 0 atom stereocenters. The second kappa shape index (κ2) is 7.00. The van der Waals surface area contributed by atoms with Crippen molar-refractivity contribution in [3.63, 3.8) is 0 Å². The number of anilines is 1. The third-order valence-corrected chi connectivity index (χ3v) is 5.63. The number of benzene rings is 1. The molecule has 0 spiro atoms. The standard InChI is InChI=1S/C22H23N5O2/c1-14-3-4-17-16(5-6-19(29-2)20(17)25-14)18-13-24-22-21(23-9-12-27(18)22)26-10-7-15(28)8-11-26/h3-6,9,12-13,15,28H,7-8,10-11H2,1-2H3. The fourth-order valence-electron chi connectivity index (χ4n) is 4.08. The second-order valence-electron chi connectivity index (χ2n) is 7.47. The van der Waals surface area contributed by atoms with Gasteiger partial charge in [-0.05, 0) is 38.0 Å². The van der Waals surface area contributed by atoms with Crippen LogP contribution < -0.4 is 9.64 Å². The topological polar surface area (TPSA) is 75.8 Å². The van der Waals surface area contributed by atoms with Crippen LogP contribution in [0.1, 0.15) is 18.5 Å². The molecule has 0 unspecified atom stereocenters. The number of hydrogen-bond acceptors (Lipinski definition) is 6. The van der Waals surface area contributed by atoms with Crippen molar-refractivity contribution in [2.45, 2.75) is 25.9 Å². The number of methoxy groups -OCH3 is 1. The van der Waals surface area contributed by atoms with Crippen molar-refractivity contribution < 1.29 is 9.84 Å². The molecular weight excluding hydrogens is 366 g/mol. The molecule has 0 aliphatic carbocycles. The van der Waals surface area contributed by atoms with Gasteiger partial charge >= 0.3 is 0 Å². The summed E-state index contributed by atoms with van der Waals surface area (Å²) in [5.41, 5.74) is 4.65. The van der Waals surface area contributed by atoms with E-state index in [1.165, 1.54) is 0 Å². The van der Waals surface area contributed by atoms with Gasteiger partial charge in [-0.15, -0.1) is 0 Å². The van der Waals surface area contributed by atoms with Crippen molar-refractivity contribution in [2.24, 2.45) is 0 Å². The summed E-state index contributed by atoms with van der Waals surface area (Å²) in [5, 5.41) is 10.8. The molecule has 1 N–H and O–H groups in total. The molecule has 5 rings (SSSR count). The van der Waals surface area contributed by atoms with E-state index in [9.17, 15) is 5.11 Å². The van der Waals surface area contributed by atoms with Crippen molar-refractivity contribution >= 4 is 22.4 Å². The van der Waals surface area contributed by atoms with Crippen LogP contribution in [0.2, 0.25) is 0 Å². The number of ether oxygens (including phenoxy) is 1. The van der Waals surface area contributed by atoms with Crippen molar-refractivity contribution in [1.82, 2.24) is 19.4 Å². The number of aromatic nitrogens is 4. The van der Waals surface area contributed by atoms with Gasteiger partial charge < -0.3 is 14.7 Å². The van der Waals surface area contributed by atoms with Crippen molar-refractivity contribution in [1.29, 1.82) is 0 Å². The summed E-state index contributed by atoms with van der Waals surface area (Å²) in [6.45, 7) is 3.54. The van der Waals surface area contributed by atoms with Gasteiger partial charge in [-0.25, -0.2) is 15.0 Å². The first-order valence-corrected chi connectivity index (χ1v) is 9.85. The van der Waals surface area contributed by atoms with E-state index in [1.807, 2.05) is 37.6 Å². The Kier molecular flexibility index (Phi) is 4.32. The predicted molar refractivity (Wildman–Crippen MR) is 112 cm³/mol. The number of rotatable bonds is 3. The van der Waals surface area contributed by atoms with E-state index < -0.39 is 0 Å². The lowest BCUT2D eigenvalue weighted by molar-refractivity contribution is 0.145. The molecule has 0 saturated carbocycles. The van der Waals surface area contributed by atoms with Crippen molar-refractivity contribution in [2.75, 3.05) is 25.1 Å². The quantitative estimate of drug-likeness (QED) is 0.580.